The predicted octanol–water partition coefficient (Wildman–Crippen LogP) is 1.33. The number of hydrogen-bond acceptors (Lipinski definition) is 5. The molecule has 0 spiro atoms. The summed E-state index contributed by atoms with van der Waals surface area (Å²) in [5.74, 6) is 0.138. The maximum absolute atomic E-state index is 11.4. The number of rotatable bonds is 10. The molecule has 0 bridgehead atoms. The van der Waals surface area contributed by atoms with E-state index in [1.807, 2.05) is 32.6 Å². The highest BCUT2D eigenvalue weighted by Gasteiger charge is 2.16. The molecule has 0 N–H and O–H groups in total. The van der Waals surface area contributed by atoms with Crippen molar-refractivity contribution in [3.05, 3.63) is 0 Å². The van der Waals surface area contributed by atoms with Gasteiger partial charge in [0.15, 0.2) is 5.78 Å². The molecule has 0 aliphatic rings. The summed E-state index contributed by atoms with van der Waals surface area (Å²) in [5, 5.41) is 0. The lowest BCUT2D eigenvalue weighted by Gasteiger charge is -2.27. The van der Waals surface area contributed by atoms with E-state index in [0.29, 0.717) is 13.3 Å². The fourth-order valence-electron chi connectivity index (χ4n) is 1.38. The van der Waals surface area contributed by atoms with Crippen LogP contribution in [0.15, 0.2) is 0 Å². The van der Waals surface area contributed by atoms with Gasteiger partial charge in [-0.05, 0) is 13.3 Å². The van der Waals surface area contributed by atoms with Gasteiger partial charge in [0.1, 0.15) is 16.4 Å². The van der Waals surface area contributed by atoms with Crippen LogP contribution in [0.25, 0.3) is 0 Å². The zero-order valence-corrected chi connectivity index (χ0v) is 13.5. The summed E-state index contributed by atoms with van der Waals surface area (Å²) in [5.41, 5.74) is 0. The molecule has 0 amide bonds. The molecule has 0 saturated heterocycles. The minimum Gasteiger partial charge on any atom is -0.358 e. The van der Waals surface area contributed by atoms with Crippen molar-refractivity contribution >= 4 is 15.6 Å². The molecule has 0 aromatic heterocycles. The van der Waals surface area contributed by atoms with E-state index in [9.17, 15) is 13.2 Å². The number of ether oxygens (including phenoxy) is 1. The highest BCUT2D eigenvalue weighted by Crippen LogP contribution is 2.05. The van der Waals surface area contributed by atoms with Crippen LogP contribution in [0.2, 0.25) is 0 Å². The Kier molecular flexibility index (Phi) is 8.45. The van der Waals surface area contributed by atoms with Crippen molar-refractivity contribution in [3.8, 4) is 0 Å². The van der Waals surface area contributed by atoms with Gasteiger partial charge in [0.05, 0.1) is 12.5 Å². The van der Waals surface area contributed by atoms with Crippen molar-refractivity contribution in [2.45, 2.75) is 40.2 Å². The van der Waals surface area contributed by atoms with Crippen LogP contribution in [0.5, 0.6) is 0 Å². The Hall–Kier alpha value is -0.460. The number of carbonyl (C=O) groups excluding carboxylic acids is 1. The number of ketones is 1. The lowest BCUT2D eigenvalue weighted by molar-refractivity contribution is -0.128. The first-order chi connectivity index (χ1) is 8.67. The fraction of sp³-hybridized carbons (Fsp3) is 0.923. The molecule has 0 rings (SSSR count). The largest absolute Gasteiger partial charge is 0.358 e. The van der Waals surface area contributed by atoms with E-state index >= 15 is 0 Å². The second-order valence-electron chi connectivity index (χ2n) is 5.30. The van der Waals surface area contributed by atoms with Gasteiger partial charge in [-0.15, -0.1) is 0 Å². The number of carbonyl (C=O) groups is 1. The second kappa shape index (κ2) is 8.66. The Morgan fingerprint density at radius 1 is 1.26 bits per heavy atom. The number of hydrogen-bond donors (Lipinski definition) is 0. The molecule has 0 saturated carbocycles. The summed E-state index contributed by atoms with van der Waals surface area (Å²) < 4.78 is 27.8. The van der Waals surface area contributed by atoms with E-state index in [1.54, 1.807) is 0 Å². The summed E-state index contributed by atoms with van der Waals surface area (Å²) >= 11 is 0. The summed E-state index contributed by atoms with van der Waals surface area (Å²) in [6.07, 6.45) is 2.14. The minimum absolute atomic E-state index is 0.0342. The first kappa shape index (κ1) is 18.5. The molecule has 1 atom stereocenters. The normalized spacial score (nSPS) is 14.1. The summed E-state index contributed by atoms with van der Waals surface area (Å²) in [6, 6.07) is 0.232. The standard InChI is InChI=1S/C13H27NO4S/c1-6-12(4)14(7-8-19(5,16)17)10-18-9-13(15)11(2)3/h11-12H,6-10H2,1-5H3. The molecule has 0 aromatic rings. The third-order valence-corrected chi connectivity index (χ3v) is 4.03. The predicted molar refractivity (Wildman–Crippen MR) is 76.8 cm³/mol. The topological polar surface area (TPSA) is 63.7 Å². The van der Waals surface area contributed by atoms with Crippen molar-refractivity contribution in [1.82, 2.24) is 4.90 Å². The summed E-state index contributed by atoms with van der Waals surface area (Å²) in [6.45, 7) is 8.55. The van der Waals surface area contributed by atoms with Crippen molar-refractivity contribution in [2.24, 2.45) is 5.92 Å². The highest BCUT2D eigenvalue weighted by molar-refractivity contribution is 7.90. The first-order valence-corrected chi connectivity index (χ1v) is 8.75. The molecule has 0 aromatic carbocycles. The summed E-state index contributed by atoms with van der Waals surface area (Å²) in [7, 11) is -2.98. The third kappa shape index (κ3) is 9.13. The minimum atomic E-state index is -2.98. The molecule has 5 nitrogen and oxygen atoms in total. The van der Waals surface area contributed by atoms with Gasteiger partial charge in [-0.1, -0.05) is 20.8 Å². The van der Waals surface area contributed by atoms with Gasteiger partial charge in [0.2, 0.25) is 0 Å². The lowest BCUT2D eigenvalue weighted by atomic mass is 10.1. The number of nitrogens with zero attached hydrogens (tertiary/aromatic N) is 1. The third-order valence-electron chi connectivity index (χ3n) is 3.11. The van der Waals surface area contributed by atoms with Gasteiger partial charge in [0.25, 0.3) is 0 Å². The van der Waals surface area contributed by atoms with Gasteiger partial charge >= 0.3 is 0 Å². The molecule has 1 unspecified atom stereocenters. The van der Waals surface area contributed by atoms with Gasteiger partial charge in [0, 0.05) is 24.8 Å². The van der Waals surface area contributed by atoms with Crippen molar-refractivity contribution in [3.63, 3.8) is 0 Å². The van der Waals surface area contributed by atoms with Crippen LogP contribution in [0.3, 0.4) is 0 Å². The SMILES string of the molecule is CCC(C)N(CCS(C)(=O)=O)COCC(=O)C(C)C. The second-order valence-corrected chi connectivity index (χ2v) is 7.56. The molecule has 0 fully saturated rings. The molecule has 0 aliphatic heterocycles. The average Bonchev–Trinajstić information content (AvgIpc) is 2.30. The summed E-state index contributed by atoms with van der Waals surface area (Å²) in [4.78, 5) is 13.4. The Morgan fingerprint density at radius 3 is 2.26 bits per heavy atom. The van der Waals surface area contributed by atoms with Crippen LogP contribution >= 0.6 is 0 Å². The zero-order chi connectivity index (χ0) is 15.1. The van der Waals surface area contributed by atoms with Crippen LogP contribution in [0.1, 0.15) is 34.1 Å². The Bertz CT molecular complexity index is 365. The van der Waals surface area contributed by atoms with E-state index in [4.69, 9.17) is 4.74 Å². The first-order valence-electron chi connectivity index (χ1n) is 6.69. The molecule has 114 valence electrons. The van der Waals surface area contributed by atoms with Crippen LogP contribution < -0.4 is 0 Å². The average molecular weight is 293 g/mol. The van der Waals surface area contributed by atoms with Crippen LogP contribution in [-0.2, 0) is 19.4 Å². The maximum atomic E-state index is 11.4. The molecular formula is C13H27NO4S. The lowest BCUT2D eigenvalue weighted by Crippen LogP contribution is -2.38. The molecule has 0 heterocycles. The van der Waals surface area contributed by atoms with Crippen molar-refractivity contribution in [2.75, 3.05) is 31.9 Å². The molecular weight excluding hydrogens is 266 g/mol. The van der Waals surface area contributed by atoms with Gasteiger partial charge in [-0.2, -0.15) is 0 Å². The maximum Gasteiger partial charge on any atom is 0.161 e. The number of Topliss-reactive ketones (excluding diaryl/α,β-unsaturated/α-hetero) is 1. The zero-order valence-electron chi connectivity index (χ0n) is 12.7. The molecule has 0 aliphatic carbocycles. The van der Waals surface area contributed by atoms with Gasteiger partial charge in [-0.3, -0.25) is 9.69 Å². The van der Waals surface area contributed by atoms with E-state index in [1.165, 1.54) is 6.26 Å². The molecule has 19 heavy (non-hydrogen) atoms. The monoisotopic (exact) mass is 293 g/mol. The van der Waals surface area contributed by atoms with Crippen LogP contribution in [0.4, 0.5) is 0 Å². The Balaban J connectivity index is 4.25. The van der Waals surface area contributed by atoms with Crippen LogP contribution in [0, 0.1) is 5.92 Å². The van der Waals surface area contributed by atoms with Crippen molar-refractivity contribution < 1.29 is 17.9 Å². The molecule has 0 radical (unpaired) electrons. The Morgan fingerprint density at radius 2 is 1.84 bits per heavy atom. The van der Waals surface area contributed by atoms with E-state index in [2.05, 4.69) is 0 Å². The van der Waals surface area contributed by atoms with E-state index in [-0.39, 0.29) is 30.1 Å². The smallest absolute Gasteiger partial charge is 0.161 e. The quantitative estimate of drug-likeness (QED) is 0.569. The highest BCUT2D eigenvalue weighted by atomic mass is 32.2. The fourth-order valence-corrected chi connectivity index (χ4v) is 1.95. The van der Waals surface area contributed by atoms with E-state index < -0.39 is 9.84 Å². The van der Waals surface area contributed by atoms with Gasteiger partial charge < -0.3 is 4.74 Å². The van der Waals surface area contributed by atoms with Gasteiger partial charge in [-0.25, -0.2) is 8.42 Å². The Labute approximate surface area is 117 Å². The number of sulfone groups is 1. The van der Waals surface area contributed by atoms with E-state index in [0.717, 1.165) is 6.42 Å². The molecule has 6 heteroatoms. The van der Waals surface area contributed by atoms with Crippen molar-refractivity contribution in [1.29, 1.82) is 0 Å². The van der Waals surface area contributed by atoms with Crippen LogP contribution in [-0.4, -0.2) is 57.0 Å².